The minimum atomic E-state index is -0.307. The van der Waals surface area contributed by atoms with Crippen molar-refractivity contribution in [3.8, 4) is 11.5 Å². The van der Waals surface area contributed by atoms with Crippen molar-refractivity contribution in [1.29, 1.82) is 0 Å². The number of aryl methyl sites for hydroxylation is 1. The van der Waals surface area contributed by atoms with E-state index in [1.807, 2.05) is 31.2 Å². The highest BCUT2D eigenvalue weighted by atomic mass is 16.3. The lowest BCUT2D eigenvalue weighted by Crippen LogP contribution is -1.94. The zero-order chi connectivity index (χ0) is 13.8. The molecule has 3 heteroatoms. The number of aromatic hydroxyl groups is 2. The Morgan fingerprint density at radius 2 is 1.74 bits per heavy atom. The van der Waals surface area contributed by atoms with E-state index in [0.29, 0.717) is 0 Å². The van der Waals surface area contributed by atoms with Crippen LogP contribution in [0.5, 0.6) is 11.5 Å². The molecule has 2 N–H and O–H groups in total. The van der Waals surface area contributed by atoms with Gasteiger partial charge in [0.25, 0.3) is 0 Å². The molecular weight excluding hydrogens is 240 g/mol. The fraction of sp³-hybridized carbons (Fsp3) is 0.0625. The van der Waals surface area contributed by atoms with E-state index in [9.17, 15) is 9.90 Å². The van der Waals surface area contributed by atoms with Crippen LogP contribution in [0.25, 0.3) is 6.08 Å². The lowest BCUT2D eigenvalue weighted by Gasteiger charge is -2.01. The number of allylic oxidation sites excluding steroid dienone is 1. The summed E-state index contributed by atoms with van der Waals surface area (Å²) in [5, 5.41) is 18.7. The number of carbonyl (C=O) groups excluding carboxylic acids is 1. The molecule has 0 saturated carbocycles. The predicted molar refractivity (Wildman–Crippen MR) is 74.3 cm³/mol. The summed E-state index contributed by atoms with van der Waals surface area (Å²) in [6, 6.07) is 11.7. The molecule has 0 spiro atoms. The summed E-state index contributed by atoms with van der Waals surface area (Å²) in [4.78, 5) is 11.9. The van der Waals surface area contributed by atoms with Crippen LogP contribution in [0.15, 0.2) is 48.5 Å². The van der Waals surface area contributed by atoms with E-state index in [0.717, 1.165) is 17.2 Å². The minimum absolute atomic E-state index is 0.0726. The van der Waals surface area contributed by atoms with Gasteiger partial charge in [0.1, 0.15) is 11.5 Å². The fourth-order valence-corrected chi connectivity index (χ4v) is 1.67. The average molecular weight is 254 g/mol. The van der Waals surface area contributed by atoms with Crippen molar-refractivity contribution in [1.82, 2.24) is 0 Å². The van der Waals surface area contributed by atoms with Crippen LogP contribution in [-0.4, -0.2) is 16.0 Å². The van der Waals surface area contributed by atoms with Gasteiger partial charge in [-0.05, 0) is 30.7 Å². The van der Waals surface area contributed by atoms with Gasteiger partial charge >= 0.3 is 0 Å². The second-order valence-corrected chi connectivity index (χ2v) is 4.31. The van der Waals surface area contributed by atoms with Crippen LogP contribution in [-0.2, 0) is 0 Å². The van der Waals surface area contributed by atoms with E-state index < -0.39 is 0 Å². The third-order valence-electron chi connectivity index (χ3n) is 2.75. The van der Waals surface area contributed by atoms with Crippen LogP contribution in [0.4, 0.5) is 0 Å². The van der Waals surface area contributed by atoms with E-state index in [1.54, 1.807) is 6.08 Å². The van der Waals surface area contributed by atoms with Crippen molar-refractivity contribution in [3.63, 3.8) is 0 Å². The number of ketones is 1. The van der Waals surface area contributed by atoms with E-state index in [4.69, 9.17) is 5.11 Å². The van der Waals surface area contributed by atoms with E-state index in [-0.39, 0.29) is 22.8 Å². The SMILES string of the molecule is Cc1ccc(C=CC(=O)c2ccc(O)cc2O)cc1. The Morgan fingerprint density at radius 1 is 1.05 bits per heavy atom. The molecule has 2 aromatic rings. The summed E-state index contributed by atoms with van der Waals surface area (Å²) >= 11 is 0. The summed E-state index contributed by atoms with van der Waals surface area (Å²) < 4.78 is 0. The molecule has 0 bridgehead atoms. The minimum Gasteiger partial charge on any atom is -0.508 e. The highest BCUT2D eigenvalue weighted by Crippen LogP contribution is 2.23. The molecule has 0 aliphatic rings. The molecule has 0 atom stereocenters. The summed E-state index contributed by atoms with van der Waals surface area (Å²) in [6.07, 6.45) is 3.09. The van der Waals surface area contributed by atoms with Gasteiger partial charge < -0.3 is 10.2 Å². The number of rotatable bonds is 3. The maximum absolute atomic E-state index is 11.9. The second-order valence-electron chi connectivity index (χ2n) is 4.31. The van der Waals surface area contributed by atoms with Crippen molar-refractivity contribution in [2.75, 3.05) is 0 Å². The maximum atomic E-state index is 11.9. The van der Waals surface area contributed by atoms with Crippen LogP contribution in [0.2, 0.25) is 0 Å². The van der Waals surface area contributed by atoms with Gasteiger partial charge in [0.05, 0.1) is 5.56 Å². The molecule has 0 saturated heterocycles. The lowest BCUT2D eigenvalue weighted by molar-refractivity contribution is 0.104. The van der Waals surface area contributed by atoms with Crippen LogP contribution in [0, 0.1) is 6.92 Å². The fourth-order valence-electron chi connectivity index (χ4n) is 1.67. The number of hydrogen-bond donors (Lipinski definition) is 2. The third kappa shape index (κ3) is 3.22. The molecule has 0 radical (unpaired) electrons. The van der Waals surface area contributed by atoms with Gasteiger partial charge in [-0.1, -0.05) is 35.9 Å². The molecule has 0 aromatic heterocycles. The smallest absolute Gasteiger partial charge is 0.189 e. The Labute approximate surface area is 111 Å². The molecule has 0 unspecified atom stereocenters. The number of phenols is 2. The highest BCUT2D eigenvalue weighted by Gasteiger charge is 2.08. The quantitative estimate of drug-likeness (QED) is 0.652. The zero-order valence-electron chi connectivity index (χ0n) is 10.5. The Hall–Kier alpha value is -2.55. The summed E-state index contributed by atoms with van der Waals surface area (Å²) in [5.41, 5.74) is 2.23. The molecule has 2 rings (SSSR count). The first kappa shape index (κ1) is 12.9. The van der Waals surface area contributed by atoms with Gasteiger partial charge in [0.15, 0.2) is 5.78 Å². The molecule has 0 aliphatic heterocycles. The molecule has 19 heavy (non-hydrogen) atoms. The van der Waals surface area contributed by atoms with E-state index in [1.165, 1.54) is 18.2 Å². The van der Waals surface area contributed by atoms with E-state index in [2.05, 4.69) is 0 Å². The monoisotopic (exact) mass is 254 g/mol. The molecule has 96 valence electrons. The maximum Gasteiger partial charge on any atom is 0.189 e. The number of phenolic OH excluding ortho intramolecular Hbond substituents is 2. The van der Waals surface area contributed by atoms with Crippen LogP contribution >= 0.6 is 0 Å². The molecule has 2 aromatic carbocycles. The summed E-state index contributed by atoms with van der Waals surface area (Å²) in [5.74, 6) is -0.604. The van der Waals surface area contributed by atoms with Crippen LogP contribution in [0.3, 0.4) is 0 Å². The zero-order valence-corrected chi connectivity index (χ0v) is 10.5. The summed E-state index contributed by atoms with van der Waals surface area (Å²) in [6.45, 7) is 1.99. The van der Waals surface area contributed by atoms with Crippen molar-refractivity contribution in [2.24, 2.45) is 0 Å². The first-order valence-electron chi connectivity index (χ1n) is 5.87. The molecule has 0 amide bonds. The Kier molecular flexibility index (Phi) is 3.66. The van der Waals surface area contributed by atoms with Gasteiger partial charge in [-0.25, -0.2) is 0 Å². The largest absolute Gasteiger partial charge is 0.508 e. The van der Waals surface area contributed by atoms with Crippen LogP contribution < -0.4 is 0 Å². The Balaban J connectivity index is 2.18. The topological polar surface area (TPSA) is 57.5 Å². The normalized spacial score (nSPS) is 10.8. The second kappa shape index (κ2) is 5.40. The first-order chi connectivity index (χ1) is 9.06. The molecule has 0 heterocycles. The number of hydrogen-bond acceptors (Lipinski definition) is 3. The van der Waals surface area contributed by atoms with Crippen molar-refractivity contribution >= 4 is 11.9 Å². The van der Waals surface area contributed by atoms with Crippen molar-refractivity contribution < 1.29 is 15.0 Å². The van der Waals surface area contributed by atoms with Crippen molar-refractivity contribution in [3.05, 3.63) is 65.2 Å². The van der Waals surface area contributed by atoms with Gasteiger partial charge in [-0.2, -0.15) is 0 Å². The standard InChI is InChI=1S/C16H14O3/c1-11-2-4-12(5-3-11)6-9-15(18)14-8-7-13(17)10-16(14)19/h2-10,17,19H,1H3. The molecule has 3 nitrogen and oxygen atoms in total. The molecule has 0 aliphatic carbocycles. The molecule has 0 fully saturated rings. The third-order valence-corrected chi connectivity index (χ3v) is 2.75. The lowest BCUT2D eigenvalue weighted by atomic mass is 10.1. The number of benzene rings is 2. The Bertz CT molecular complexity index is 625. The van der Waals surface area contributed by atoms with Gasteiger partial charge in [-0.15, -0.1) is 0 Å². The van der Waals surface area contributed by atoms with Crippen LogP contribution in [0.1, 0.15) is 21.5 Å². The van der Waals surface area contributed by atoms with Crippen molar-refractivity contribution in [2.45, 2.75) is 6.92 Å². The van der Waals surface area contributed by atoms with Gasteiger partial charge in [-0.3, -0.25) is 4.79 Å². The number of carbonyl (C=O) groups is 1. The highest BCUT2D eigenvalue weighted by molar-refractivity contribution is 6.08. The van der Waals surface area contributed by atoms with Gasteiger partial charge in [0, 0.05) is 6.07 Å². The Morgan fingerprint density at radius 3 is 2.37 bits per heavy atom. The predicted octanol–water partition coefficient (Wildman–Crippen LogP) is 3.30. The van der Waals surface area contributed by atoms with E-state index >= 15 is 0 Å². The molecular formula is C16H14O3. The average Bonchev–Trinajstić information content (AvgIpc) is 2.37. The summed E-state index contributed by atoms with van der Waals surface area (Å²) in [7, 11) is 0. The first-order valence-corrected chi connectivity index (χ1v) is 5.87. The van der Waals surface area contributed by atoms with Gasteiger partial charge in [0.2, 0.25) is 0 Å².